The topological polar surface area (TPSA) is 80.7 Å². The average Bonchev–Trinajstić information content (AvgIpc) is 2.75. The molecule has 0 amide bonds. The first kappa shape index (κ1) is 22.5. The van der Waals surface area contributed by atoms with E-state index in [1.54, 1.807) is 31.2 Å². The van der Waals surface area contributed by atoms with E-state index in [2.05, 4.69) is 0 Å². The van der Waals surface area contributed by atoms with Crippen LogP contribution in [0.4, 0.5) is 0 Å². The van der Waals surface area contributed by atoms with Gasteiger partial charge in [-0.25, -0.2) is 4.79 Å². The van der Waals surface area contributed by atoms with Gasteiger partial charge in [0.25, 0.3) is 0 Å². The molecular formula is C24H28O5. The number of esters is 1. The summed E-state index contributed by atoms with van der Waals surface area (Å²) < 4.78 is 5.38. The SMILES string of the molecule is CC(CCC(=O)CCc1cccc(CCC(=O)CO)c1)OC(=O)c1ccccc1. The van der Waals surface area contributed by atoms with E-state index in [1.807, 2.05) is 30.3 Å². The van der Waals surface area contributed by atoms with E-state index in [0.717, 1.165) is 11.1 Å². The Labute approximate surface area is 171 Å². The normalized spacial score (nSPS) is 11.7. The maximum absolute atomic E-state index is 12.2. The Morgan fingerprint density at radius 3 is 2.10 bits per heavy atom. The van der Waals surface area contributed by atoms with Crippen molar-refractivity contribution < 1.29 is 24.2 Å². The molecule has 0 saturated carbocycles. The summed E-state index contributed by atoms with van der Waals surface area (Å²) in [6, 6.07) is 16.6. The van der Waals surface area contributed by atoms with Crippen LogP contribution in [0.5, 0.6) is 0 Å². The smallest absolute Gasteiger partial charge is 0.338 e. The summed E-state index contributed by atoms with van der Waals surface area (Å²) in [6.07, 6.45) is 2.52. The molecule has 5 nitrogen and oxygen atoms in total. The fraction of sp³-hybridized carbons (Fsp3) is 0.375. The number of aliphatic hydroxyl groups is 1. The van der Waals surface area contributed by atoms with E-state index in [-0.39, 0.29) is 23.6 Å². The van der Waals surface area contributed by atoms with Gasteiger partial charge < -0.3 is 9.84 Å². The monoisotopic (exact) mass is 396 g/mol. The Morgan fingerprint density at radius 2 is 1.48 bits per heavy atom. The molecule has 2 aromatic carbocycles. The highest BCUT2D eigenvalue weighted by molar-refractivity contribution is 5.89. The number of ether oxygens (including phenoxy) is 1. The molecule has 0 aromatic heterocycles. The second-order valence-corrected chi connectivity index (χ2v) is 7.18. The summed E-state index contributed by atoms with van der Waals surface area (Å²) in [5.41, 5.74) is 2.58. The van der Waals surface area contributed by atoms with Gasteiger partial charge in [0.05, 0.1) is 11.7 Å². The number of ketones is 2. The number of rotatable bonds is 12. The average molecular weight is 396 g/mol. The molecule has 1 unspecified atom stereocenters. The van der Waals surface area contributed by atoms with Crippen molar-refractivity contribution in [1.82, 2.24) is 0 Å². The van der Waals surface area contributed by atoms with Gasteiger partial charge in [0.1, 0.15) is 12.4 Å². The minimum absolute atomic E-state index is 0.133. The van der Waals surface area contributed by atoms with E-state index in [0.29, 0.717) is 44.1 Å². The lowest BCUT2D eigenvalue weighted by Crippen LogP contribution is -2.16. The first-order valence-corrected chi connectivity index (χ1v) is 9.96. The predicted octanol–water partition coefficient (Wildman–Crippen LogP) is 3.71. The van der Waals surface area contributed by atoms with Crippen molar-refractivity contribution in [2.24, 2.45) is 0 Å². The van der Waals surface area contributed by atoms with Gasteiger partial charge in [0.2, 0.25) is 0 Å². The fourth-order valence-corrected chi connectivity index (χ4v) is 2.96. The largest absolute Gasteiger partial charge is 0.459 e. The second-order valence-electron chi connectivity index (χ2n) is 7.18. The third-order valence-corrected chi connectivity index (χ3v) is 4.70. The van der Waals surface area contributed by atoms with E-state index < -0.39 is 6.61 Å². The van der Waals surface area contributed by atoms with Gasteiger partial charge >= 0.3 is 5.97 Å². The molecule has 2 rings (SSSR count). The van der Waals surface area contributed by atoms with Crippen molar-refractivity contribution in [2.75, 3.05) is 6.61 Å². The van der Waals surface area contributed by atoms with E-state index in [1.165, 1.54) is 0 Å². The van der Waals surface area contributed by atoms with E-state index in [4.69, 9.17) is 9.84 Å². The van der Waals surface area contributed by atoms with Gasteiger partial charge in [-0.15, -0.1) is 0 Å². The first-order chi connectivity index (χ1) is 14.0. The van der Waals surface area contributed by atoms with Crippen molar-refractivity contribution >= 4 is 17.5 Å². The summed E-state index contributed by atoms with van der Waals surface area (Å²) in [7, 11) is 0. The molecule has 0 aliphatic carbocycles. The standard InChI is InChI=1S/C24H28O5/c1-18(29-24(28)21-8-3-2-4-9-21)10-13-22(26)14-11-19-6-5-7-20(16-19)12-15-23(27)17-25/h2-9,16,18,25H,10-15,17H2,1H3. The number of carbonyl (C=O) groups excluding carboxylic acids is 3. The quantitative estimate of drug-likeness (QED) is 0.553. The Kier molecular flexibility index (Phi) is 9.25. The highest BCUT2D eigenvalue weighted by Gasteiger charge is 2.13. The minimum atomic E-state index is -0.423. The zero-order valence-corrected chi connectivity index (χ0v) is 16.8. The van der Waals surface area contributed by atoms with Gasteiger partial charge in [-0.2, -0.15) is 0 Å². The van der Waals surface area contributed by atoms with Gasteiger partial charge in [0.15, 0.2) is 5.78 Å². The molecule has 0 heterocycles. The number of Topliss-reactive ketones (excluding diaryl/α,β-unsaturated/α-hetero) is 2. The van der Waals surface area contributed by atoms with E-state index in [9.17, 15) is 14.4 Å². The summed E-state index contributed by atoms with van der Waals surface area (Å²) in [5, 5.41) is 8.79. The molecule has 5 heteroatoms. The summed E-state index contributed by atoms with van der Waals surface area (Å²) in [4.78, 5) is 35.5. The van der Waals surface area contributed by atoms with Gasteiger partial charge in [0, 0.05) is 19.3 Å². The molecular weight excluding hydrogens is 368 g/mol. The van der Waals surface area contributed by atoms with Crippen LogP contribution in [0, 0.1) is 0 Å². The van der Waals surface area contributed by atoms with Crippen molar-refractivity contribution in [3.8, 4) is 0 Å². The Balaban J connectivity index is 1.71. The summed E-state index contributed by atoms with van der Waals surface area (Å²) in [5.74, 6) is -0.414. The maximum atomic E-state index is 12.2. The lowest BCUT2D eigenvalue weighted by Gasteiger charge is -2.13. The number of aliphatic hydroxyl groups excluding tert-OH is 1. The zero-order chi connectivity index (χ0) is 21.1. The molecule has 0 radical (unpaired) electrons. The lowest BCUT2D eigenvalue weighted by atomic mass is 10.00. The molecule has 1 N–H and O–H groups in total. The maximum Gasteiger partial charge on any atom is 0.338 e. The molecule has 29 heavy (non-hydrogen) atoms. The number of benzene rings is 2. The predicted molar refractivity (Wildman–Crippen MR) is 111 cm³/mol. The Hall–Kier alpha value is -2.79. The molecule has 0 aliphatic heterocycles. The van der Waals surface area contributed by atoms with Crippen molar-refractivity contribution in [2.45, 2.75) is 51.6 Å². The molecule has 0 saturated heterocycles. The molecule has 154 valence electrons. The molecule has 0 fully saturated rings. The molecule has 2 aromatic rings. The first-order valence-electron chi connectivity index (χ1n) is 9.96. The van der Waals surface area contributed by atoms with Gasteiger partial charge in [-0.05, 0) is 49.4 Å². The van der Waals surface area contributed by atoms with Gasteiger partial charge in [-0.3, -0.25) is 9.59 Å². The Bertz CT molecular complexity index is 813. The number of carbonyl (C=O) groups is 3. The van der Waals surface area contributed by atoms with Gasteiger partial charge in [-0.1, -0.05) is 42.5 Å². The van der Waals surface area contributed by atoms with Crippen molar-refractivity contribution in [1.29, 1.82) is 0 Å². The van der Waals surface area contributed by atoms with Crippen LogP contribution in [0.1, 0.15) is 54.1 Å². The van der Waals surface area contributed by atoms with Crippen LogP contribution in [-0.2, 0) is 27.2 Å². The zero-order valence-electron chi connectivity index (χ0n) is 16.8. The molecule has 1 atom stereocenters. The summed E-state index contributed by atoms with van der Waals surface area (Å²) in [6.45, 7) is 1.37. The highest BCUT2D eigenvalue weighted by Crippen LogP contribution is 2.13. The Morgan fingerprint density at radius 1 is 0.862 bits per heavy atom. The van der Waals surface area contributed by atoms with Crippen LogP contribution in [0.2, 0.25) is 0 Å². The van der Waals surface area contributed by atoms with Crippen LogP contribution in [-0.4, -0.2) is 35.4 Å². The number of hydrogen-bond donors (Lipinski definition) is 1. The third-order valence-electron chi connectivity index (χ3n) is 4.70. The fourth-order valence-electron chi connectivity index (χ4n) is 2.96. The third kappa shape index (κ3) is 8.40. The van der Waals surface area contributed by atoms with Crippen LogP contribution in [0.25, 0.3) is 0 Å². The van der Waals surface area contributed by atoms with Crippen molar-refractivity contribution in [3.05, 3.63) is 71.3 Å². The van der Waals surface area contributed by atoms with E-state index >= 15 is 0 Å². The molecule has 0 aliphatic rings. The molecule has 0 bridgehead atoms. The minimum Gasteiger partial charge on any atom is -0.459 e. The highest BCUT2D eigenvalue weighted by atomic mass is 16.5. The van der Waals surface area contributed by atoms with Crippen LogP contribution >= 0.6 is 0 Å². The number of aryl methyl sites for hydroxylation is 2. The van der Waals surface area contributed by atoms with Crippen LogP contribution in [0.15, 0.2) is 54.6 Å². The second kappa shape index (κ2) is 11.9. The van der Waals surface area contributed by atoms with Crippen LogP contribution in [0.3, 0.4) is 0 Å². The molecule has 0 spiro atoms. The summed E-state index contributed by atoms with van der Waals surface area (Å²) >= 11 is 0. The van der Waals surface area contributed by atoms with Crippen molar-refractivity contribution in [3.63, 3.8) is 0 Å². The number of hydrogen-bond acceptors (Lipinski definition) is 5. The lowest BCUT2D eigenvalue weighted by molar-refractivity contribution is -0.121. The van der Waals surface area contributed by atoms with Crippen LogP contribution < -0.4 is 0 Å².